The van der Waals surface area contributed by atoms with Gasteiger partial charge in [-0.2, -0.15) is 0 Å². The predicted molar refractivity (Wildman–Crippen MR) is 88.8 cm³/mol. The van der Waals surface area contributed by atoms with Crippen molar-refractivity contribution in [3.63, 3.8) is 0 Å². The van der Waals surface area contributed by atoms with Gasteiger partial charge in [-0.1, -0.05) is 30.3 Å². The average molecular weight is 314 g/mol. The molecule has 0 aliphatic rings. The Labute approximate surface area is 136 Å². The molecule has 1 amide bonds. The number of esters is 1. The van der Waals surface area contributed by atoms with Crippen LogP contribution in [0.5, 0.6) is 0 Å². The summed E-state index contributed by atoms with van der Waals surface area (Å²) in [6.07, 6.45) is 0. The summed E-state index contributed by atoms with van der Waals surface area (Å²) in [5.41, 5.74) is 3.37. The van der Waals surface area contributed by atoms with Gasteiger partial charge in [0.25, 0.3) is 5.91 Å². The number of aromatic nitrogens is 1. The number of ether oxygens (including phenoxy) is 1. The normalized spacial score (nSPS) is 10.5. The Hall–Kier alpha value is -2.56. The van der Waals surface area contributed by atoms with Crippen molar-refractivity contribution in [1.29, 1.82) is 0 Å². The fourth-order valence-corrected chi connectivity index (χ4v) is 2.72. The lowest BCUT2D eigenvalue weighted by Crippen LogP contribution is -2.24. The fourth-order valence-electron chi connectivity index (χ4n) is 2.72. The molecule has 1 aromatic heterocycles. The first kappa shape index (κ1) is 16.8. The van der Waals surface area contributed by atoms with Gasteiger partial charge in [-0.25, -0.2) is 4.79 Å². The molecule has 0 bridgehead atoms. The summed E-state index contributed by atoms with van der Waals surface area (Å²) < 4.78 is 6.87. The fraction of sp³-hybridized carbons (Fsp3) is 0.333. The molecule has 5 heteroatoms. The van der Waals surface area contributed by atoms with Crippen LogP contribution < -0.4 is 0 Å². The lowest BCUT2D eigenvalue weighted by atomic mass is 10.1. The van der Waals surface area contributed by atoms with Crippen molar-refractivity contribution in [3.05, 3.63) is 58.4 Å². The van der Waals surface area contributed by atoms with Gasteiger partial charge >= 0.3 is 5.97 Å². The molecule has 0 saturated carbocycles. The first-order valence-electron chi connectivity index (χ1n) is 7.42. The zero-order chi connectivity index (χ0) is 17.1. The number of carbonyl (C=O) groups excluding carboxylic acids is 2. The van der Waals surface area contributed by atoms with E-state index < -0.39 is 5.97 Å². The van der Waals surface area contributed by atoms with Gasteiger partial charge < -0.3 is 14.2 Å². The molecular weight excluding hydrogens is 292 g/mol. The Morgan fingerprint density at radius 2 is 1.61 bits per heavy atom. The Balaban J connectivity index is 2.60. The van der Waals surface area contributed by atoms with E-state index in [1.165, 1.54) is 12.0 Å². The van der Waals surface area contributed by atoms with E-state index >= 15 is 0 Å². The number of hydrogen-bond donors (Lipinski definition) is 0. The number of rotatable bonds is 4. The standard InChI is InChI=1S/C18H22N2O3/c1-12-15(17(21)19(3)4)16(18(22)23-5)13(2)20(12)11-14-9-7-6-8-10-14/h6-10H,11H2,1-5H3. The van der Waals surface area contributed by atoms with E-state index in [-0.39, 0.29) is 5.91 Å². The van der Waals surface area contributed by atoms with Crippen molar-refractivity contribution in [1.82, 2.24) is 9.47 Å². The summed E-state index contributed by atoms with van der Waals surface area (Å²) >= 11 is 0. The van der Waals surface area contributed by atoms with Crippen LogP contribution in [0.25, 0.3) is 0 Å². The maximum Gasteiger partial charge on any atom is 0.340 e. The summed E-state index contributed by atoms with van der Waals surface area (Å²) in [7, 11) is 4.68. The second-order valence-corrected chi connectivity index (χ2v) is 5.68. The maximum absolute atomic E-state index is 12.5. The van der Waals surface area contributed by atoms with E-state index in [1.807, 2.05) is 48.7 Å². The van der Waals surface area contributed by atoms with Gasteiger partial charge in [0.15, 0.2) is 0 Å². The van der Waals surface area contributed by atoms with Crippen LogP contribution in [0, 0.1) is 13.8 Å². The summed E-state index contributed by atoms with van der Waals surface area (Å²) in [5, 5.41) is 0. The summed E-state index contributed by atoms with van der Waals surface area (Å²) in [6, 6.07) is 9.93. The summed E-state index contributed by atoms with van der Waals surface area (Å²) in [6.45, 7) is 4.30. The van der Waals surface area contributed by atoms with Gasteiger partial charge in [-0.3, -0.25) is 4.79 Å². The van der Waals surface area contributed by atoms with Crippen molar-refractivity contribution < 1.29 is 14.3 Å². The van der Waals surface area contributed by atoms with Crippen LogP contribution in [0.1, 0.15) is 37.7 Å². The highest BCUT2D eigenvalue weighted by molar-refractivity contribution is 6.07. The number of benzene rings is 1. The molecule has 0 atom stereocenters. The molecule has 0 radical (unpaired) electrons. The Morgan fingerprint density at radius 1 is 1.04 bits per heavy atom. The monoisotopic (exact) mass is 314 g/mol. The molecule has 2 aromatic rings. The smallest absolute Gasteiger partial charge is 0.340 e. The molecule has 0 fully saturated rings. The first-order chi connectivity index (χ1) is 10.9. The molecular formula is C18H22N2O3. The molecule has 0 N–H and O–H groups in total. The molecule has 0 saturated heterocycles. The maximum atomic E-state index is 12.5. The van der Waals surface area contributed by atoms with Crippen LogP contribution in [-0.2, 0) is 11.3 Å². The van der Waals surface area contributed by atoms with E-state index in [2.05, 4.69) is 0 Å². The van der Waals surface area contributed by atoms with E-state index in [4.69, 9.17) is 4.74 Å². The number of amides is 1. The van der Waals surface area contributed by atoms with Gasteiger partial charge in [0, 0.05) is 32.0 Å². The van der Waals surface area contributed by atoms with Crippen LogP contribution in [0.4, 0.5) is 0 Å². The Kier molecular flexibility index (Phi) is 4.89. The molecule has 23 heavy (non-hydrogen) atoms. The highest BCUT2D eigenvalue weighted by Crippen LogP contribution is 2.25. The third kappa shape index (κ3) is 3.13. The van der Waals surface area contributed by atoms with E-state index in [1.54, 1.807) is 14.1 Å². The van der Waals surface area contributed by atoms with Gasteiger partial charge in [-0.05, 0) is 19.4 Å². The SMILES string of the molecule is COC(=O)c1c(C(=O)N(C)C)c(C)n(Cc2ccccc2)c1C. The second-order valence-electron chi connectivity index (χ2n) is 5.68. The minimum atomic E-state index is -0.484. The van der Waals surface area contributed by atoms with Gasteiger partial charge in [-0.15, -0.1) is 0 Å². The quantitative estimate of drug-likeness (QED) is 0.815. The van der Waals surface area contributed by atoms with Crippen molar-refractivity contribution in [2.24, 2.45) is 0 Å². The van der Waals surface area contributed by atoms with E-state index in [0.29, 0.717) is 17.7 Å². The third-order valence-electron chi connectivity index (χ3n) is 3.98. The van der Waals surface area contributed by atoms with E-state index in [9.17, 15) is 9.59 Å². The van der Waals surface area contributed by atoms with Crippen LogP contribution in [0.15, 0.2) is 30.3 Å². The minimum absolute atomic E-state index is 0.196. The van der Waals surface area contributed by atoms with Crippen LogP contribution >= 0.6 is 0 Å². The van der Waals surface area contributed by atoms with Gasteiger partial charge in [0.1, 0.15) is 0 Å². The second kappa shape index (κ2) is 6.69. The number of nitrogens with zero attached hydrogens (tertiary/aromatic N) is 2. The zero-order valence-corrected chi connectivity index (χ0v) is 14.2. The molecule has 122 valence electrons. The number of hydrogen-bond acceptors (Lipinski definition) is 3. The van der Waals surface area contributed by atoms with Gasteiger partial charge in [0.05, 0.1) is 18.2 Å². The lowest BCUT2D eigenvalue weighted by molar-refractivity contribution is 0.0593. The summed E-state index contributed by atoms with van der Waals surface area (Å²) in [4.78, 5) is 26.2. The zero-order valence-electron chi connectivity index (χ0n) is 14.2. The molecule has 0 aliphatic heterocycles. The van der Waals surface area contributed by atoms with Crippen LogP contribution in [-0.4, -0.2) is 42.5 Å². The third-order valence-corrected chi connectivity index (χ3v) is 3.98. The first-order valence-corrected chi connectivity index (χ1v) is 7.42. The van der Waals surface area contributed by atoms with Gasteiger partial charge in [0.2, 0.25) is 0 Å². The van der Waals surface area contributed by atoms with Crippen LogP contribution in [0.2, 0.25) is 0 Å². The molecule has 1 aromatic carbocycles. The molecule has 5 nitrogen and oxygen atoms in total. The Morgan fingerprint density at radius 3 is 2.13 bits per heavy atom. The molecule has 1 heterocycles. The van der Waals surface area contributed by atoms with Crippen molar-refractivity contribution >= 4 is 11.9 Å². The average Bonchev–Trinajstić information content (AvgIpc) is 2.79. The number of methoxy groups -OCH3 is 1. The van der Waals surface area contributed by atoms with Crippen molar-refractivity contribution in [2.75, 3.05) is 21.2 Å². The molecule has 0 aliphatic carbocycles. The molecule has 0 spiro atoms. The Bertz CT molecular complexity index is 730. The highest BCUT2D eigenvalue weighted by atomic mass is 16.5. The van der Waals surface area contributed by atoms with Crippen molar-refractivity contribution in [3.8, 4) is 0 Å². The summed E-state index contributed by atoms with van der Waals surface area (Å²) in [5.74, 6) is -0.680. The topological polar surface area (TPSA) is 51.5 Å². The minimum Gasteiger partial charge on any atom is -0.465 e. The molecule has 0 unspecified atom stereocenters. The van der Waals surface area contributed by atoms with Crippen LogP contribution in [0.3, 0.4) is 0 Å². The number of carbonyl (C=O) groups is 2. The van der Waals surface area contributed by atoms with E-state index in [0.717, 1.165) is 17.0 Å². The highest BCUT2D eigenvalue weighted by Gasteiger charge is 2.28. The molecule has 2 rings (SSSR count). The van der Waals surface area contributed by atoms with Crippen molar-refractivity contribution in [2.45, 2.75) is 20.4 Å². The largest absolute Gasteiger partial charge is 0.465 e. The lowest BCUT2D eigenvalue weighted by Gasteiger charge is -2.12. The predicted octanol–water partition coefficient (Wildman–Crippen LogP) is 2.64.